The smallest absolute Gasteiger partial charge is 0.0654 e. The predicted octanol–water partition coefficient (Wildman–Crippen LogP) is 20.6. The van der Waals surface area contributed by atoms with Crippen LogP contribution in [-0.2, 0) is 26.9 Å². The number of aryl methyl sites for hydroxylation is 1. The van der Waals surface area contributed by atoms with Gasteiger partial charge in [0.05, 0.1) is 0 Å². The van der Waals surface area contributed by atoms with Gasteiger partial charge < -0.3 is 0 Å². The van der Waals surface area contributed by atoms with Crippen LogP contribution in [0.3, 0.4) is 0 Å². The van der Waals surface area contributed by atoms with Crippen LogP contribution < -0.4 is 5.30 Å². The maximum atomic E-state index is 15.9. The van der Waals surface area contributed by atoms with E-state index < -0.39 is 16.9 Å². The molecule has 384 valence electrons. The summed E-state index contributed by atoms with van der Waals surface area (Å²) in [6.45, 7) is 7.85. The van der Waals surface area contributed by atoms with E-state index >= 15 is 8.42 Å². The zero-order valence-electron chi connectivity index (χ0n) is 44.8. The van der Waals surface area contributed by atoms with Crippen LogP contribution >= 0.6 is 6.83 Å². The zero-order valence-corrected chi connectivity index (χ0v) is 46.6. The molecular formula is C62H107O3PS. The Morgan fingerprint density at radius 1 is 0.388 bits per heavy atom. The Morgan fingerprint density at radius 3 is 1.13 bits per heavy atom. The van der Waals surface area contributed by atoms with Gasteiger partial charge in [0, 0.05) is 0 Å². The van der Waals surface area contributed by atoms with Crippen LogP contribution in [0.2, 0.25) is 0 Å². The molecule has 0 aromatic heterocycles. The summed E-state index contributed by atoms with van der Waals surface area (Å²) in [4.78, 5) is 0.501. The second-order valence-electron chi connectivity index (χ2n) is 21.2. The third kappa shape index (κ3) is 22.1. The minimum absolute atomic E-state index is 0.501. The van der Waals surface area contributed by atoms with E-state index in [4.69, 9.17) is 3.97 Å². The summed E-state index contributed by atoms with van der Waals surface area (Å²) in [5, 5.41) is 3.05. The quantitative estimate of drug-likeness (QED) is 0.0419. The average Bonchev–Trinajstić information content (AvgIpc) is 3.34. The van der Waals surface area contributed by atoms with Gasteiger partial charge in [0.1, 0.15) is 0 Å². The van der Waals surface area contributed by atoms with Crippen molar-refractivity contribution in [3.63, 3.8) is 0 Å². The Morgan fingerprint density at radius 2 is 0.731 bits per heavy atom. The van der Waals surface area contributed by atoms with Gasteiger partial charge in [-0.25, -0.2) is 0 Å². The molecule has 0 saturated carbocycles. The first-order valence-electron chi connectivity index (χ1n) is 29.4. The molecule has 67 heavy (non-hydrogen) atoms. The van der Waals surface area contributed by atoms with Crippen molar-refractivity contribution in [3.8, 4) is 0 Å². The molecule has 0 aliphatic heterocycles. The molecule has 0 radical (unpaired) electrons. The Hall–Kier alpha value is -1.74. The first kappa shape index (κ1) is 59.6. The Labute approximate surface area is 417 Å². The topological polar surface area (TPSA) is 43.4 Å². The molecule has 0 bridgehead atoms. The summed E-state index contributed by atoms with van der Waals surface area (Å²) in [7, 11) is -4.17. The van der Waals surface area contributed by atoms with E-state index in [-0.39, 0.29) is 0 Å². The fourth-order valence-electron chi connectivity index (χ4n) is 11.1. The Balaban J connectivity index is 1.83. The SMILES string of the molecule is CCCCCCCCCCCCCCCCCc1cc2ccccc2c(S(=O)(=O)OP(CCCC)(CCCC)(CCCC)c2ccccc2)c1CCCCCCCCCCCCCCCCC. The molecule has 0 unspecified atom stereocenters. The van der Waals surface area contributed by atoms with Gasteiger partial charge in [-0.3, -0.25) is 0 Å². The first-order valence-corrected chi connectivity index (χ1v) is 33.5. The fourth-order valence-corrected chi connectivity index (χ4v) is 21.2. The average molecular weight is 964 g/mol. The van der Waals surface area contributed by atoms with E-state index in [1.54, 1.807) is 0 Å². The molecule has 3 aromatic rings. The summed E-state index contributed by atoms with van der Waals surface area (Å²) < 4.78 is 39.2. The van der Waals surface area contributed by atoms with Crippen molar-refractivity contribution in [1.82, 2.24) is 0 Å². The summed E-state index contributed by atoms with van der Waals surface area (Å²) in [6.07, 6.45) is 50.3. The van der Waals surface area contributed by atoms with E-state index in [9.17, 15) is 0 Å². The number of unbranched alkanes of at least 4 members (excludes halogenated alkanes) is 31. The molecule has 0 fully saturated rings. The second-order valence-corrected chi connectivity index (χ2v) is 28.2. The molecule has 3 nitrogen and oxygen atoms in total. The van der Waals surface area contributed by atoms with E-state index in [1.165, 1.54) is 179 Å². The fraction of sp³-hybridized carbons (Fsp3) is 0.742. The number of hydrogen-bond acceptors (Lipinski definition) is 3. The molecule has 0 aliphatic rings. The zero-order chi connectivity index (χ0) is 48.2. The van der Waals surface area contributed by atoms with Gasteiger partial charge in [0.15, 0.2) is 0 Å². The number of fused-ring (bicyclic) bond motifs is 1. The Bertz CT molecular complexity index is 1750. The van der Waals surface area contributed by atoms with Crippen LogP contribution in [0.1, 0.15) is 277 Å². The molecule has 0 amide bonds. The van der Waals surface area contributed by atoms with Crippen molar-refractivity contribution in [2.45, 2.75) is 284 Å². The second kappa shape index (κ2) is 36.2. The van der Waals surface area contributed by atoms with Crippen LogP contribution in [0.25, 0.3) is 10.8 Å². The molecule has 5 heteroatoms. The molecular weight excluding hydrogens is 856 g/mol. The van der Waals surface area contributed by atoms with Crippen LogP contribution in [0.15, 0.2) is 65.6 Å². The van der Waals surface area contributed by atoms with Crippen LogP contribution in [0.5, 0.6) is 0 Å². The van der Waals surface area contributed by atoms with Crippen molar-refractivity contribution in [1.29, 1.82) is 0 Å². The number of benzene rings is 3. The summed E-state index contributed by atoms with van der Waals surface area (Å²) in [5.74, 6) is 0. The number of hydrogen-bond donors (Lipinski definition) is 0. The van der Waals surface area contributed by atoms with Gasteiger partial charge in [-0.2, -0.15) is 0 Å². The minimum atomic E-state index is -4.17. The Kier molecular flexibility index (Phi) is 32.2. The normalized spacial score (nSPS) is 12.8. The number of rotatable bonds is 45. The van der Waals surface area contributed by atoms with E-state index in [0.717, 1.165) is 111 Å². The van der Waals surface area contributed by atoms with Crippen molar-refractivity contribution in [3.05, 3.63) is 71.8 Å². The van der Waals surface area contributed by atoms with Gasteiger partial charge >= 0.3 is 296 Å². The van der Waals surface area contributed by atoms with Gasteiger partial charge in [-0.05, 0) is 0 Å². The van der Waals surface area contributed by atoms with Gasteiger partial charge in [-0.15, -0.1) is 0 Å². The minimum Gasteiger partial charge on any atom is -0.0654 e. The molecule has 3 rings (SSSR count). The molecule has 0 spiro atoms. The van der Waals surface area contributed by atoms with Crippen molar-refractivity contribution in [2.24, 2.45) is 0 Å². The van der Waals surface area contributed by atoms with E-state index in [2.05, 4.69) is 89.2 Å². The third-order valence-corrected chi connectivity index (χ3v) is 24.3. The van der Waals surface area contributed by atoms with E-state index in [1.807, 2.05) is 6.07 Å². The van der Waals surface area contributed by atoms with Gasteiger partial charge in [0.2, 0.25) is 0 Å². The van der Waals surface area contributed by atoms with Gasteiger partial charge in [0.25, 0.3) is 0 Å². The molecule has 0 N–H and O–H groups in total. The maximum absolute atomic E-state index is 15.9. The standard InChI is InChI=1S/C62H107O3PS/c1-6-11-16-18-20-22-24-26-28-30-32-34-36-38-41-47-57-56-58-48-45-46-52-61(58)62(60(57)51-44-39-37-35-33-31-29-27-25-23-21-19-17-12-7-2)67(63,64)65-66(53-13-8-3,54-14-9-4,55-15-10-5)59-49-42-40-43-50-59/h40,42-43,45-46,48-50,52,56H,6-39,41,44,47,51,53-55H2,1-5H3. The summed E-state index contributed by atoms with van der Waals surface area (Å²) in [6, 6.07) is 21.4. The van der Waals surface area contributed by atoms with Crippen molar-refractivity contribution in [2.75, 3.05) is 18.5 Å². The van der Waals surface area contributed by atoms with Gasteiger partial charge in [-0.1, -0.05) is 123 Å². The molecule has 0 atom stereocenters. The predicted molar refractivity (Wildman–Crippen MR) is 302 cm³/mol. The third-order valence-electron chi connectivity index (χ3n) is 15.3. The van der Waals surface area contributed by atoms with E-state index in [0.29, 0.717) is 4.90 Å². The molecule has 0 heterocycles. The van der Waals surface area contributed by atoms with Crippen LogP contribution in [-0.4, -0.2) is 26.9 Å². The first-order chi connectivity index (χ1) is 32.8. The summed E-state index contributed by atoms with van der Waals surface area (Å²) >= 11 is 0. The van der Waals surface area contributed by atoms with Crippen molar-refractivity contribution < 1.29 is 12.4 Å². The monoisotopic (exact) mass is 963 g/mol. The van der Waals surface area contributed by atoms with Crippen molar-refractivity contribution >= 4 is 33.0 Å². The van der Waals surface area contributed by atoms with Crippen LogP contribution in [0.4, 0.5) is 0 Å². The molecule has 3 aromatic carbocycles. The van der Waals surface area contributed by atoms with Crippen LogP contribution in [0, 0.1) is 0 Å². The molecule has 0 saturated heterocycles. The summed E-state index contributed by atoms with van der Waals surface area (Å²) in [5.41, 5.74) is 2.31. The molecule has 0 aliphatic carbocycles.